The lowest BCUT2D eigenvalue weighted by Gasteiger charge is -2.25. The number of ether oxygens (including phenoxy) is 1. The molecule has 0 fully saturated rings. The van der Waals surface area contributed by atoms with Crippen molar-refractivity contribution >= 4 is 11.9 Å². The number of hydrogen-bond donors (Lipinski definition) is 1. The SMILES string of the molecule is CCOC(=O)C(CC)(Cc1ccc(CC)cc1)C(=O)O. The number of aliphatic carboxylic acids is 1. The number of aryl methyl sites for hydroxylation is 1. The number of benzene rings is 1. The first-order valence-electron chi connectivity index (χ1n) is 6.98. The molecule has 20 heavy (non-hydrogen) atoms. The fourth-order valence-corrected chi connectivity index (χ4v) is 2.17. The second-order valence-electron chi connectivity index (χ2n) is 4.81. The third-order valence-electron chi connectivity index (χ3n) is 3.62. The monoisotopic (exact) mass is 278 g/mol. The molecule has 0 saturated heterocycles. The molecule has 0 aromatic heterocycles. The summed E-state index contributed by atoms with van der Waals surface area (Å²) in [7, 11) is 0. The van der Waals surface area contributed by atoms with Crippen molar-refractivity contribution in [1.82, 2.24) is 0 Å². The molecule has 110 valence electrons. The third-order valence-corrected chi connectivity index (χ3v) is 3.62. The van der Waals surface area contributed by atoms with Gasteiger partial charge in [-0.2, -0.15) is 0 Å². The molecule has 0 radical (unpaired) electrons. The van der Waals surface area contributed by atoms with E-state index in [0.29, 0.717) is 0 Å². The highest BCUT2D eigenvalue weighted by Gasteiger charge is 2.46. The van der Waals surface area contributed by atoms with E-state index in [2.05, 4.69) is 6.92 Å². The number of esters is 1. The highest BCUT2D eigenvalue weighted by atomic mass is 16.5. The predicted octanol–water partition coefficient (Wildman–Crippen LogP) is 2.84. The number of carbonyl (C=O) groups excluding carboxylic acids is 1. The van der Waals surface area contributed by atoms with Crippen molar-refractivity contribution in [2.24, 2.45) is 5.41 Å². The van der Waals surface area contributed by atoms with E-state index in [-0.39, 0.29) is 19.4 Å². The van der Waals surface area contributed by atoms with Crippen LogP contribution >= 0.6 is 0 Å². The Morgan fingerprint density at radius 1 is 1.10 bits per heavy atom. The minimum Gasteiger partial charge on any atom is -0.480 e. The van der Waals surface area contributed by atoms with Crippen LogP contribution in [0.15, 0.2) is 24.3 Å². The van der Waals surface area contributed by atoms with Gasteiger partial charge in [0.05, 0.1) is 6.61 Å². The summed E-state index contributed by atoms with van der Waals surface area (Å²) in [6.45, 7) is 5.62. The third kappa shape index (κ3) is 3.38. The van der Waals surface area contributed by atoms with Gasteiger partial charge < -0.3 is 9.84 Å². The molecule has 0 spiro atoms. The molecule has 0 bridgehead atoms. The van der Waals surface area contributed by atoms with Crippen LogP contribution in [-0.2, 0) is 27.2 Å². The first-order chi connectivity index (χ1) is 9.50. The van der Waals surface area contributed by atoms with Gasteiger partial charge in [-0.05, 0) is 37.3 Å². The Morgan fingerprint density at radius 2 is 1.65 bits per heavy atom. The fraction of sp³-hybridized carbons (Fsp3) is 0.500. The zero-order valence-electron chi connectivity index (χ0n) is 12.3. The lowest BCUT2D eigenvalue weighted by atomic mass is 9.79. The summed E-state index contributed by atoms with van der Waals surface area (Å²) in [4.78, 5) is 23.7. The molecule has 1 rings (SSSR count). The molecule has 1 aromatic rings. The summed E-state index contributed by atoms with van der Waals surface area (Å²) in [5, 5.41) is 9.48. The van der Waals surface area contributed by atoms with E-state index in [1.165, 1.54) is 5.56 Å². The normalized spacial score (nSPS) is 13.6. The van der Waals surface area contributed by atoms with Crippen LogP contribution in [0.1, 0.15) is 38.3 Å². The molecule has 0 aliphatic rings. The van der Waals surface area contributed by atoms with Crippen LogP contribution in [0.25, 0.3) is 0 Å². The van der Waals surface area contributed by atoms with Crippen molar-refractivity contribution in [3.63, 3.8) is 0 Å². The molecule has 1 atom stereocenters. The predicted molar refractivity (Wildman–Crippen MR) is 76.5 cm³/mol. The van der Waals surface area contributed by atoms with Gasteiger partial charge in [0.15, 0.2) is 5.41 Å². The topological polar surface area (TPSA) is 63.6 Å². The average Bonchev–Trinajstić information content (AvgIpc) is 2.45. The summed E-state index contributed by atoms with van der Waals surface area (Å²) < 4.78 is 4.96. The van der Waals surface area contributed by atoms with E-state index in [9.17, 15) is 14.7 Å². The standard InChI is InChI=1S/C16H22O4/c1-4-12-7-9-13(10-8-12)11-16(5-2,14(17)18)15(19)20-6-3/h7-10H,4-6,11H2,1-3H3,(H,17,18). The summed E-state index contributed by atoms with van der Waals surface area (Å²) >= 11 is 0. The molecule has 0 aliphatic heterocycles. The van der Waals surface area contributed by atoms with Gasteiger partial charge in [0, 0.05) is 0 Å². The van der Waals surface area contributed by atoms with E-state index >= 15 is 0 Å². The maximum atomic E-state index is 12.1. The van der Waals surface area contributed by atoms with Crippen LogP contribution in [0.2, 0.25) is 0 Å². The highest BCUT2D eigenvalue weighted by molar-refractivity contribution is 5.99. The summed E-state index contributed by atoms with van der Waals surface area (Å²) in [6.07, 6.45) is 1.29. The molecule has 0 heterocycles. The molecule has 0 aliphatic carbocycles. The van der Waals surface area contributed by atoms with Crippen LogP contribution in [0.3, 0.4) is 0 Å². The number of rotatable bonds is 7. The maximum Gasteiger partial charge on any atom is 0.323 e. The van der Waals surface area contributed by atoms with Crippen molar-refractivity contribution in [3.05, 3.63) is 35.4 Å². The van der Waals surface area contributed by atoms with E-state index < -0.39 is 17.4 Å². The molecule has 4 nitrogen and oxygen atoms in total. The number of carbonyl (C=O) groups is 2. The molecule has 1 N–H and O–H groups in total. The Morgan fingerprint density at radius 3 is 2.05 bits per heavy atom. The molecule has 1 aromatic carbocycles. The summed E-state index contributed by atoms with van der Waals surface area (Å²) in [6, 6.07) is 7.68. The second-order valence-corrected chi connectivity index (χ2v) is 4.81. The average molecular weight is 278 g/mol. The molecule has 4 heteroatoms. The van der Waals surface area contributed by atoms with Crippen molar-refractivity contribution < 1.29 is 19.4 Å². The summed E-state index contributed by atoms with van der Waals surface area (Å²) in [5.74, 6) is -1.78. The zero-order chi connectivity index (χ0) is 15.2. The van der Waals surface area contributed by atoms with Crippen LogP contribution in [0.5, 0.6) is 0 Å². The van der Waals surface area contributed by atoms with E-state index in [4.69, 9.17) is 4.74 Å². The van der Waals surface area contributed by atoms with Gasteiger partial charge in [-0.15, -0.1) is 0 Å². The Balaban J connectivity index is 3.05. The Kier molecular flexibility index (Phi) is 5.74. The van der Waals surface area contributed by atoms with Gasteiger partial charge in [0.1, 0.15) is 0 Å². The van der Waals surface area contributed by atoms with Crippen molar-refractivity contribution in [2.45, 2.75) is 40.0 Å². The molecule has 0 amide bonds. The van der Waals surface area contributed by atoms with Gasteiger partial charge >= 0.3 is 11.9 Å². The summed E-state index contributed by atoms with van der Waals surface area (Å²) in [5.41, 5.74) is 0.519. The van der Waals surface area contributed by atoms with E-state index in [1.807, 2.05) is 24.3 Å². The maximum absolute atomic E-state index is 12.1. The second kappa shape index (κ2) is 7.08. The van der Waals surface area contributed by atoms with Crippen LogP contribution in [0, 0.1) is 5.41 Å². The number of hydrogen-bond acceptors (Lipinski definition) is 3. The van der Waals surface area contributed by atoms with Crippen LogP contribution in [-0.4, -0.2) is 23.7 Å². The first kappa shape index (κ1) is 16.2. The first-order valence-corrected chi connectivity index (χ1v) is 6.98. The zero-order valence-corrected chi connectivity index (χ0v) is 12.3. The van der Waals surface area contributed by atoms with E-state index in [1.54, 1.807) is 13.8 Å². The fourth-order valence-electron chi connectivity index (χ4n) is 2.17. The molecular weight excluding hydrogens is 256 g/mol. The number of carboxylic acid groups (broad SMARTS) is 1. The highest BCUT2D eigenvalue weighted by Crippen LogP contribution is 2.29. The lowest BCUT2D eigenvalue weighted by molar-refractivity contribution is -0.168. The molecular formula is C16H22O4. The number of carboxylic acids is 1. The van der Waals surface area contributed by atoms with Gasteiger partial charge in [-0.25, -0.2) is 0 Å². The van der Waals surface area contributed by atoms with Gasteiger partial charge in [0.25, 0.3) is 0 Å². The largest absolute Gasteiger partial charge is 0.480 e. The lowest BCUT2D eigenvalue weighted by Crippen LogP contribution is -2.42. The van der Waals surface area contributed by atoms with Crippen LogP contribution < -0.4 is 0 Å². The van der Waals surface area contributed by atoms with Crippen molar-refractivity contribution in [1.29, 1.82) is 0 Å². The minimum absolute atomic E-state index is 0.154. The molecule has 1 unspecified atom stereocenters. The van der Waals surface area contributed by atoms with Gasteiger partial charge in [-0.1, -0.05) is 38.1 Å². The quantitative estimate of drug-likeness (QED) is 0.615. The Labute approximate surface area is 119 Å². The van der Waals surface area contributed by atoms with Crippen molar-refractivity contribution in [3.8, 4) is 0 Å². The smallest absolute Gasteiger partial charge is 0.323 e. The minimum atomic E-state index is -1.50. The molecule has 0 saturated carbocycles. The van der Waals surface area contributed by atoms with Gasteiger partial charge in [0.2, 0.25) is 0 Å². The van der Waals surface area contributed by atoms with E-state index in [0.717, 1.165) is 12.0 Å². The Hall–Kier alpha value is -1.84. The Bertz CT molecular complexity index is 464. The van der Waals surface area contributed by atoms with Crippen molar-refractivity contribution in [2.75, 3.05) is 6.61 Å². The van der Waals surface area contributed by atoms with Crippen LogP contribution in [0.4, 0.5) is 0 Å². The van der Waals surface area contributed by atoms with Gasteiger partial charge in [-0.3, -0.25) is 9.59 Å².